The normalized spacial score (nSPS) is 12.1. The molecule has 0 fully saturated rings. The van der Waals surface area contributed by atoms with Crippen LogP contribution >= 0.6 is 0 Å². The molecule has 0 saturated carbocycles. The second kappa shape index (κ2) is 10.4. The van der Waals surface area contributed by atoms with Crippen molar-refractivity contribution in [1.29, 1.82) is 0 Å². The van der Waals surface area contributed by atoms with Gasteiger partial charge in [-0.25, -0.2) is 4.98 Å². The fraction of sp³-hybridized carbons (Fsp3) is 0.222. The molecule has 0 aliphatic heterocycles. The van der Waals surface area contributed by atoms with Crippen LogP contribution in [0, 0.1) is 0 Å². The van der Waals surface area contributed by atoms with Gasteiger partial charge in [0.15, 0.2) is 0 Å². The fourth-order valence-electron chi connectivity index (χ4n) is 3.19. The lowest BCUT2D eigenvalue weighted by Crippen LogP contribution is -2.18. The van der Waals surface area contributed by atoms with Crippen LogP contribution in [0.3, 0.4) is 0 Å². The van der Waals surface area contributed by atoms with Crippen LogP contribution in [0.2, 0.25) is 0 Å². The molecule has 0 amide bonds. The SMILES string of the molecule is C=CN(CC(/C=C(/C)CC)=C/C)c1cccc(OCc2ccc3ccccc3n2)c1. The quantitative estimate of drug-likeness (QED) is 0.361. The number of pyridine rings is 1. The van der Waals surface area contributed by atoms with Crippen LogP contribution in [-0.2, 0) is 6.61 Å². The Bertz CT molecular complexity index is 1070. The van der Waals surface area contributed by atoms with Gasteiger partial charge in [-0.15, -0.1) is 0 Å². The molecule has 0 aliphatic rings. The summed E-state index contributed by atoms with van der Waals surface area (Å²) in [5, 5.41) is 1.14. The summed E-state index contributed by atoms with van der Waals surface area (Å²) in [4.78, 5) is 6.82. The Morgan fingerprint density at radius 3 is 2.70 bits per heavy atom. The first-order valence-electron chi connectivity index (χ1n) is 10.4. The molecule has 3 rings (SSSR count). The molecule has 154 valence electrons. The molecule has 30 heavy (non-hydrogen) atoms. The first-order chi connectivity index (χ1) is 14.6. The smallest absolute Gasteiger partial charge is 0.130 e. The van der Waals surface area contributed by atoms with Gasteiger partial charge in [0.2, 0.25) is 0 Å². The van der Waals surface area contributed by atoms with E-state index in [1.807, 2.05) is 48.7 Å². The molecule has 3 nitrogen and oxygen atoms in total. The standard InChI is InChI=1S/C27H30N2O/c1-5-21(4)17-22(6-2)19-29(7-3)25-12-10-13-26(18-25)30-20-24-16-15-23-11-8-9-14-27(23)28-24/h6-18H,3,5,19-20H2,1-2,4H3/b21-17-,22-6+. The Kier molecular flexibility index (Phi) is 7.45. The summed E-state index contributed by atoms with van der Waals surface area (Å²) in [7, 11) is 0. The Hall–Kier alpha value is -3.33. The number of ether oxygens (including phenoxy) is 1. The topological polar surface area (TPSA) is 25.4 Å². The number of hydrogen-bond acceptors (Lipinski definition) is 3. The number of rotatable bonds is 9. The van der Waals surface area contributed by atoms with Gasteiger partial charge in [-0.2, -0.15) is 0 Å². The molecule has 3 heteroatoms. The maximum Gasteiger partial charge on any atom is 0.130 e. The minimum absolute atomic E-state index is 0.431. The van der Waals surface area contributed by atoms with Gasteiger partial charge in [0, 0.05) is 23.7 Å². The Balaban J connectivity index is 1.71. The highest BCUT2D eigenvalue weighted by atomic mass is 16.5. The molecule has 1 heterocycles. The van der Waals surface area contributed by atoms with Gasteiger partial charge in [0.1, 0.15) is 12.4 Å². The third kappa shape index (κ3) is 5.60. The zero-order chi connectivity index (χ0) is 21.3. The number of benzene rings is 2. The van der Waals surface area contributed by atoms with Crippen molar-refractivity contribution in [3.8, 4) is 5.75 Å². The summed E-state index contributed by atoms with van der Waals surface area (Å²) in [6.45, 7) is 11.6. The predicted octanol–water partition coefficient (Wildman–Crippen LogP) is 7.07. The van der Waals surface area contributed by atoms with E-state index in [-0.39, 0.29) is 0 Å². The van der Waals surface area contributed by atoms with Crippen molar-refractivity contribution in [3.05, 3.63) is 102 Å². The van der Waals surface area contributed by atoms with E-state index in [4.69, 9.17) is 4.74 Å². The lowest BCUT2D eigenvalue weighted by molar-refractivity contribution is 0.302. The van der Waals surface area contributed by atoms with Crippen molar-refractivity contribution in [1.82, 2.24) is 4.98 Å². The van der Waals surface area contributed by atoms with Gasteiger partial charge in [-0.1, -0.05) is 61.6 Å². The number of allylic oxidation sites excluding steroid dienone is 2. The second-order valence-electron chi connectivity index (χ2n) is 7.30. The lowest BCUT2D eigenvalue weighted by atomic mass is 10.1. The summed E-state index contributed by atoms with van der Waals surface area (Å²) in [6.07, 6.45) is 7.32. The monoisotopic (exact) mass is 398 g/mol. The van der Waals surface area contributed by atoms with Crippen LogP contribution in [-0.4, -0.2) is 11.5 Å². The Morgan fingerprint density at radius 1 is 1.10 bits per heavy atom. The number of anilines is 1. The summed E-state index contributed by atoms with van der Waals surface area (Å²) >= 11 is 0. The summed E-state index contributed by atoms with van der Waals surface area (Å²) < 4.78 is 6.04. The molecule has 2 aromatic carbocycles. The molecule has 0 saturated heterocycles. The third-order valence-corrected chi connectivity index (χ3v) is 5.13. The minimum Gasteiger partial charge on any atom is -0.487 e. The second-order valence-corrected chi connectivity index (χ2v) is 7.30. The Labute approximate surface area is 180 Å². The van der Waals surface area contributed by atoms with Crippen LogP contribution in [0.5, 0.6) is 5.75 Å². The molecule has 0 radical (unpaired) electrons. The first kappa shape index (κ1) is 21.4. The van der Waals surface area contributed by atoms with Crippen molar-refractivity contribution >= 4 is 16.6 Å². The number of aromatic nitrogens is 1. The maximum absolute atomic E-state index is 6.04. The highest BCUT2D eigenvalue weighted by Gasteiger charge is 2.07. The molecule has 1 aromatic heterocycles. The first-order valence-corrected chi connectivity index (χ1v) is 10.4. The fourth-order valence-corrected chi connectivity index (χ4v) is 3.19. The summed E-state index contributed by atoms with van der Waals surface area (Å²) in [6, 6.07) is 20.3. The van der Waals surface area contributed by atoms with Gasteiger partial charge >= 0.3 is 0 Å². The number of para-hydroxylation sites is 1. The molecule has 0 atom stereocenters. The van der Waals surface area contributed by atoms with E-state index in [2.05, 4.69) is 67.6 Å². The minimum atomic E-state index is 0.431. The molecule has 3 aromatic rings. The highest BCUT2D eigenvalue weighted by Crippen LogP contribution is 2.24. The van der Waals surface area contributed by atoms with E-state index in [1.165, 1.54) is 11.1 Å². The van der Waals surface area contributed by atoms with Gasteiger partial charge < -0.3 is 9.64 Å². The van der Waals surface area contributed by atoms with Gasteiger partial charge in [-0.05, 0) is 56.3 Å². The summed E-state index contributed by atoms with van der Waals surface area (Å²) in [5.41, 5.74) is 5.58. The molecular weight excluding hydrogens is 368 g/mol. The van der Waals surface area contributed by atoms with Gasteiger partial charge in [0.05, 0.1) is 11.2 Å². The summed E-state index contributed by atoms with van der Waals surface area (Å²) in [5.74, 6) is 0.816. The van der Waals surface area contributed by atoms with Gasteiger partial charge in [-0.3, -0.25) is 0 Å². The van der Waals surface area contributed by atoms with E-state index in [1.54, 1.807) is 0 Å². The van der Waals surface area contributed by atoms with E-state index in [0.29, 0.717) is 6.61 Å². The third-order valence-electron chi connectivity index (χ3n) is 5.13. The van der Waals surface area contributed by atoms with Crippen LogP contribution < -0.4 is 9.64 Å². The van der Waals surface area contributed by atoms with E-state index in [9.17, 15) is 0 Å². The highest BCUT2D eigenvalue weighted by molar-refractivity contribution is 5.78. The average molecular weight is 399 g/mol. The molecule has 0 aliphatic carbocycles. The van der Waals surface area contributed by atoms with Crippen molar-refractivity contribution in [2.24, 2.45) is 0 Å². The molecule has 0 bridgehead atoms. The van der Waals surface area contributed by atoms with E-state index in [0.717, 1.165) is 41.0 Å². The molecule has 0 unspecified atom stereocenters. The lowest BCUT2D eigenvalue weighted by Gasteiger charge is -2.22. The van der Waals surface area contributed by atoms with Crippen molar-refractivity contribution < 1.29 is 4.74 Å². The Morgan fingerprint density at radius 2 is 1.93 bits per heavy atom. The van der Waals surface area contributed by atoms with Crippen molar-refractivity contribution in [3.63, 3.8) is 0 Å². The van der Waals surface area contributed by atoms with Gasteiger partial charge in [0.25, 0.3) is 0 Å². The van der Waals surface area contributed by atoms with Crippen LogP contribution in [0.1, 0.15) is 32.9 Å². The van der Waals surface area contributed by atoms with Crippen LogP contribution in [0.4, 0.5) is 5.69 Å². The van der Waals surface area contributed by atoms with E-state index >= 15 is 0 Å². The molecule has 0 N–H and O–H groups in total. The van der Waals surface area contributed by atoms with E-state index < -0.39 is 0 Å². The molecular formula is C27H30N2O. The number of hydrogen-bond donors (Lipinski definition) is 0. The molecule has 0 spiro atoms. The average Bonchev–Trinajstić information content (AvgIpc) is 2.80. The van der Waals surface area contributed by atoms with Crippen molar-refractivity contribution in [2.45, 2.75) is 33.8 Å². The number of fused-ring (bicyclic) bond motifs is 1. The van der Waals surface area contributed by atoms with Crippen molar-refractivity contribution in [2.75, 3.05) is 11.4 Å². The predicted molar refractivity (Wildman–Crippen MR) is 128 cm³/mol. The van der Waals surface area contributed by atoms with Crippen LogP contribution in [0.25, 0.3) is 10.9 Å². The zero-order valence-electron chi connectivity index (χ0n) is 18.1. The largest absolute Gasteiger partial charge is 0.487 e. The van der Waals surface area contributed by atoms with Crippen LogP contribution in [0.15, 0.2) is 96.7 Å². The zero-order valence-corrected chi connectivity index (χ0v) is 18.1. The maximum atomic E-state index is 6.04. The number of nitrogens with zero attached hydrogens (tertiary/aromatic N) is 2.